The highest BCUT2D eigenvalue weighted by Crippen LogP contribution is 2.32. The Hall–Kier alpha value is -0.710. The van der Waals surface area contributed by atoms with E-state index in [-0.39, 0.29) is 11.9 Å². The summed E-state index contributed by atoms with van der Waals surface area (Å²) in [7, 11) is 0. The Morgan fingerprint density at radius 3 is 2.79 bits per heavy atom. The van der Waals surface area contributed by atoms with Crippen molar-refractivity contribution >= 4 is 15.9 Å². The summed E-state index contributed by atoms with van der Waals surface area (Å²) < 4.78 is 14.3. The van der Waals surface area contributed by atoms with Crippen LogP contribution in [0.2, 0.25) is 0 Å². The van der Waals surface area contributed by atoms with Gasteiger partial charge in [0.1, 0.15) is 5.82 Å². The second-order valence-corrected chi connectivity index (χ2v) is 5.85. The first-order valence-electron chi connectivity index (χ1n) is 6.82. The van der Waals surface area contributed by atoms with Crippen molar-refractivity contribution in [1.82, 2.24) is 5.43 Å². The molecule has 2 rings (SSSR count). The van der Waals surface area contributed by atoms with E-state index < -0.39 is 0 Å². The van der Waals surface area contributed by atoms with Crippen molar-refractivity contribution in [3.8, 4) is 0 Å². The molecule has 0 saturated carbocycles. The number of benzene rings is 1. The fourth-order valence-corrected chi connectivity index (χ4v) is 3.09. The molecule has 3 N–H and O–H groups in total. The maximum atomic E-state index is 13.4. The Labute approximate surface area is 122 Å². The zero-order valence-corrected chi connectivity index (χ0v) is 12.5. The number of rotatable bonds is 3. The SMILES string of the molecule is NNC(/C1=C/CCCCCC1)c1cc(F)ccc1Br. The lowest BCUT2D eigenvalue weighted by molar-refractivity contribution is 0.549. The second kappa shape index (κ2) is 7.17. The smallest absolute Gasteiger partial charge is 0.123 e. The van der Waals surface area contributed by atoms with Crippen molar-refractivity contribution in [2.24, 2.45) is 5.84 Å². The molecule has 1 aliphatic rings. The monoisotopic (exact) mass is 326 g/mol. The summed E-state index contributed by atoms with van der Waals surface area (Å²) in [4.78, 5) is 0. The number of hydrogen-bond acceptors (Lipinski definition) is 2. The van der Waals surface area contributed by atoms with Crippen LogP contribution in [0, 0.1) is 5.82 Å². The van der Waals surface area contributed by atoms with E-state index in [4.69, 9.17) is 5.84 Å². The molecule has 1 atom stereocenters. The fourth-order valence-electron chi connectivity index (χ4n) is 2.61. The van der Waals surface area contributed by atoms with Gasteiger partial charge in [0.25, 0.3) is 0 Å². The number of halogens is 2. The zero-order valence-electron chi connectivity index (χ0n) is 11.0. The lowest BCUT2D eigenvalue weighted by atomic mass is 9.91. The molecular formula is C15H20BrFN2. The van der Waals surface area contributed by atoms with E-state index in [1.807, 2.05) is 0 Å². The Morgan fingerprint density at radius 1 is 1.21 bits per heavy atom. The van der Waals surface area contributed by atoms with Crippen LogP contribution in [0.5, 0.6) is 0 Å². The van der Waals surface area contributed by atoms with Crippen LogP contribution >= 0.6 is 15.9 Å². The lowest BCUT2D eigenvalue weighted by Crippen LogP contribution is -2.30. The van der Waals surface area contributed by atoms with Gasteiger partial charge in [0.05, 0.1) is 6.04 Å². The molecule has 2 nitrogen and oxygen atoms in total. The minimum Gasteiger partial charge on any atom is -0.271 e. The molecule has 0 amide bonds. The molecule has 0 radical (unpaired) electrons. The molecule has 0 fully saturated rings. The molecule has 0 spiro atoms. The minimum absolute atomic E-state index is 0.108. The van der Waals surface area contributed by atoms with Gasteiger partial charge in [0.2, 0.25) is 0 Å². The van der Waals surface area contributed by atoms with Gasteiger partial charge in [-0.15, -0.1) is 0 Å². The molecule has 0 aromatic heterocycles. The lowest BCUT2D eigenvalue weighted by Gasteiger charge is -2.23. The van der Waals surface area contributed by atoms with Crippen LogP contribution in [-0.4, -0.2) is 0 Å². The van der Waals surface area contributed by atoms with Gasteiger partial charge in [-0.2, -0.15) is 0 Å². The van der Waals surface area contributed by atoms with E-state index in [0.717, 1.165) is 22.9 Å². The van der Waals surface area contributed by atoms with Crippen LogP contribution in [-0.2, 0) is 0 Å². The number of hydrazine groups is 1. The van der Waals surface area contributed by atoms with Crippen molar-refractivity contribution in [3.63, 3.8) is 0 Å². The number of nitrogens with one attached hydrogen (secondary N) is 1. The van der Waals surface area contributed by atoms with E-state index in [1.165, 1.54) is 37.3 Å². The molecule has 104 valence electrons. The van der Waals surface area contributed by atoms with Gasteiger partial charge in [-0.25, -0.2) is 9.82 Å². The van der Waals surface area contributed by atoms with Gasteiger partial charge in [-0.3, -0.25) is 5.84 Å². The van der Waals surface area contributed by atoms with Gasteiger partial charge in [-0.05, 0) is 49.4 Å². The summed E-state index contributed by atoms with van der Waals surface area (Å²) in [5.74, 6) is 5.48. The van der Waals surface area contributed by atoms with Crippen LogP contribution in [0.3, 0.4) is 0 Å². The molecule has 0 aliphatic heterocycles. The normalized spacial score (nSPS) is 21.1. The Bertz CT molecular complexity index is 459. The first-order valence-corrected chi connectivity index (χ1v) is 7.61. The number of hydrogen-bond donors (Lipinski definition) is 2. The van der Waals surface area contributed by atoms with Gasteiger partial charge < -0.3 is 0 Å². The summed E-state index contributed by atoms with van der Waals surface area (Å²) in [5.41, 5.74) is 4.98. The van der Waals surface area contributed by atoms with Gasteiger partial charge in [-0.1, -0.05) is 40.4 Å². The molecular weight excluding hydrogens is 307 g/mol. The highest BCUT2D eigenvalue weighted by molar-refractivity contribution is 9.10. The predicted octanol–water partition coefficient (Wildman–Crippen LogP) is 4.37. The number of nitrogens with two attached hydrogens (primary N) is 1. The van der Waals surface area contributed by atoms with E-state index >= 15 is 0 Å². The van der Waals surface area contributed by atoms with Crippen LogP contribution in [0.25, 0.3) is 0 Å². The summed E-state index contributed by atoms with van der Waals surface area (Å²) in [5, 5.41) is 0. The highest BCUT2D eigenvalue weighted by atomic mass is 79.9. The Balaban J connectivity index is 2.29. The summed E-state index contributed by atoms with van der Waals surface area (Å²) in [6, 6.07) is 4.63. The molecule has 1 aromatic rings. The van der Waals surface area contributed by atoms with Crippen molar-refractivity contribution in [1.29, 1.82) is 0 Å². The first-order chi connectivity index (χ1) is 9.22. The van der Waals surface area contributed by atoms with Crippen LogP contribution < -0.4 is 11.3 Å². The Morgan fingerprint density at radius 2 is 2.00 bits per heavy atom. The maximum Gasteiger partial charge on any atom is 0.123 e. The molecule has 0 heterocycles. The molecule has 1 aromatic carbocycles. The van der Waals surface area contributed by atoms with Gasteiger partial charge in [0, 0.05) is 4.47 Å². The van der Waals surface area contributed by atoms with E-state index in [0.29, 0.717) is 0 Å². The molecule has 19 heavy (non-hydrogen) atoms. The summed E-state index contributed by atoms with van der Waals surface area (Å²) in [6.45, 7) is 0. The minimum atomic E-state index is -0.232. The average molecular weight is 327 g/mol. The molecule has 0 bridgehead atoms. The third kappa shape index (κ3) is 3.88. The topological polar surface area (TPSA) is 38.0 Å². The van der Waals surface area contributed by atoms with Crippen LogP contribution in [0.4, 0.5) is 4.39 Å². The largest absolute Gasteiger partial charge is 0.271 e. The van der Waals surface area contributed by atoms with Crippen molar-refractivity contribution < 1.29 is 4.39 Å². The molecule has 4 heteroatoms. The molecule has 1 aliphatic carbocycles. The predicted molar refractivity (Wildman–Crippen MR) is 79.9 cm³/mol. The molecule has 0 saturated heterocycles. The average Bonchev–Trinajstić information content (AvgIpc) is 2.36. The van der Waals surface area contributed by atoms with Crippen molar-refractivity contribution in [2.45, 2.75) is 44.6 Å². The standard InChI is InChI=1S/C15H20BrFN2/c16-14-9-8-12(17)10-13(14)15(19-18)11-6-4-2-1-3-5-7-11/h6,8-10,15,19H,1-5,7,18H2/b11-6+. The van der Waals surface area contributed by atoms with E-state index in [9.17, 15) is 4.39 Å². The third-order valence-electron chi connectivity index (χ3n) is 3.63. The zero-order chi connectivity index (χ0) is 13.7. The second-order valence-electron chi connectivity index (χ2n) is 5.00. The number of allylic oxidation sites excluding steroid dienone is 1. The van der Waals surface area contributed by atoms with E-state index in [1.54, 1.807) is 12.1 Å². The third-order valence-corrected chi connectivity index (χ3v) is 4.35. The highest BCUT2D eigenvalue weighted by Gasteiger charge is 2.18. The molecule has 1 unspecified atom stereocenters. The first kappa shape index (κ1) is 14.7. The fraction of sp³-hybridized carbons (Fsp3) is 0.467. The summed E-state index contributed by atoms with van der Waals surface area (Å²) in [6.07, 6.45) is 9.34. The van der Waals surface area contributed by atoms with Crippen molar-refractivity contribution in [2.75, 3.05) is 0 Å². The maximum absolute atomic E-state index is 13.4. The Kier molecular flexibility index (Phi) is 5.55. The van der Waals surface area contributed by atoms with Crippen LogP contribution in [0.15, 0.2) is 34.3 Å². The van der Waals surface area contributed by atoms with Gasteiger partial charge in [0.15, 0.2) is 0 Å². The van der Waals surface area contributed by atoms with Crippen LogP contribution in [0.1, 0.15) is 50.1 Å². The summed E-state index contributed by atoms with van der Waals surface area (Å²) >= 11 is 3.48. The van der Waals surface area contributed by atoms with E-state index in [2.05, 4.69) is 27.4 Å². The quantitative estimate of drug-likeness (QED) is 0.491. The van der Waals surface area contributed by atoms with Gasteiger partial charge >= 0.3 is 0 Å². The van der Waals surface area contributed by atoms with Crippen molar-refractivity contribution in [3.05, 3.63) is 45.7 Å².